The van der Waals surface area contributed by atoms with Gasteiger partial charge in [0.1, 0.15) is 5.15 Å². The van der Waals surface area contributed by atoms with Crippen LogP contribution in [-0.4, -0.2) is 16.2 Å². The first-order valence-electron chi connectivity index (χ1n) is 4.82. The number of halogens is 2. The van der Waals surface area contributed by atoms with Gasteiger partial charge in [-0.3, -0.25) is 0 Å². The van der Waals surface area contributed by atoms with Crippen LogP contribution in [-0.2, 0) is 13.0 Å². The Morgan fingerprint density at radius 3 is 3.07 bits per heavy atom. The fraction of sp³-hybridized carbons (Fsp3) is 0.300. The summed E-state index contributed by atoms with van der Waals surface area (Å²) in [5.74, 6) is 0. The molecule has 15 heavy (non-hydrogen) atoms. The third-order valence-electron chi connectivity index (χ3n) is 2.72. The molecule has 0 fully saturated rings. The van der Waals surface area contributed by atoms with Crippen LogP contribution in [0.4, 0.5) is 0 Å². The van der Waals surface area contributed by atoms with Gasteiger partial charge in [-0.25, -0.2) is 4.52 Å². The second kappa shape index (κ2) is 3.37. The Hall–Kier alpha value is -0.770. The third-order valence-corrected chi connectivity index (χ3v) is 3.48. The number of aromatic nitrogens is 2. The molecule has 1 aliphatic heterocycles. The smallest absolute Gasteiger partial charge is 0.149 e. The van der Waals surface area contributed by atoms with E-state index in [1.54, 1.807) is 4.52 Å². The van der Waals surface area contributed by atoms with Crippen LogP contribution >= 0.6 is 23.2 Å². The Morgan fingerprint density at radius 1 is 1.33 bits per heavy atom. The van der Waals surface area contributed by atoms with Gasteiger partial charge in [-0.15, -0.1) is 0 Å². The maximum absolute atomic E-state index is 6.09. The van der Waals surface area contributed by atoms with Crippen LogP contribution in [0.3, 0.4) is 0 Å². The van der Waals surface area contributed by atoms with E-state index < -0.39 is 0 Å². The summed E-state index contributed by atoms with van der Waals surface area (Å²) in [6.45, 7) is 1.83. The van der Waals surface area contributed by atoms with Gasteiger partial charge in [0.15, 0.2) is 0 Å². The van der Waals surface area contributed by atoms with Crippen LogP contribution in [0.1, 0.15) is 11.3 Å². The zero-order valence-corrected chi connectivity index (χ0v) is 9.44. The van der Waals surface area contributed by atoms with Gasteiger partial charge >= 0.3 is 0 Å². The molecule has 2 aromatic heterocycles. The number of pyridine rings is 1. The Labute approximate surface area is 97.0 Å². The highest BCUT2D eigenvalue weighted by Gasteiger charge is 2.17. The molecule has 78 valence electrons. The molecule has 3 nitrogen and oxygen atoms in total. The van der Waals surface area contributed by atoms with Crippen molar-refractivity contribution in [2.75, 3.05) is 6.54 Å². The Bertz CT molecular complexity index is 533. The van der Waals surface area contributed by atoms with E-state index in [1.165, 1.54) is 5.56 Å². The van der Waals surface area contributed by atoms with Crippen LogP contribution in [0, 0.1) is 0 Å². The SMILES string of the molecule is Clc1ccc2c3c(nn2c1Cl)CCNC3. The summed E-state index contributed by atoms with van der Waals surface area (Å²) in [4.78, 5) is 0. The van der Waals surface area contributed by atoms with Gasteiger partial charge in [0.25, 0.3) is 0 Å². The van der Waals surface area contributed by atoms with Gasteiger partial charge in [0, 0.05) is 25.1 Å². The van der Waals surface area contributed by atoms with E-state index in [-0.39, 0.29) is 0 Å². The number of nitrogens with zero attached hydrogens (tertiary/aromatic N) is 2. The summed E-state index contributed by atoms with van der Waals surface area (Å²) >= 11 is 12.0. The van der Waals surface area contributed by atoms with Crippen molar-refractivity contribution >= 4 is 28.7 Å². The zero-order chi connectivity index (χ0) is 10.4. The number of nitrogens with one attached hydrogen (secondary N) is 1. The maximum Gasteiger partial charge on any atom is 0.149 e. The highest BCUT2D eigenvalue weighted by molar-refractivity contribution is 6.41. The molecule has 5 heteroatoms. The second-order valence-electron chi connectivity index (χ2n) is 3.62. The van der Waals surface area contributed by atoms with Crippen molar-refractivity contribution in [3.63, 3.8) is 0 Å². The predicted molar refractivity (Wildman–Crippen MR) is 60.6 cm³/mol. The molecule has 3 rings (SSSR count). The first-order valence-corrected chi connectivity index (χ1v) is 5.58. The molecule has 0 radical (unpaired) electrons. The van der Waals surface area contributed by atoms with Crippen molar-refractivity contribution in [2.24, 2.45) is 0 Å². The lowest BCUT2D eigenvalue weighted by molar-refractivity contribution is 0.637. The molecule has 0 aromatic carbocycles. The number of fused-ring (bicyclic) bond motifs is 3. The molecule has 0 unspecified atom stereocenters. The molecule has 1 N–H and O–H groups in total. The first-order chi connectivity index (χ1) is 7.27. The Morgan fingerprint density at radius 2 is 2.20 bits per heavy atom. The average Bonchev–Trinajstić information content (AvgIpc) is 2.63. The number of hydrogen-bond acceptors (Lipinski definition) is 2. The lowest BCUT2D eigenvalue weighted by Crippen LogP contribution is -2.22. The van der Waals surface area contributed by atoms with E-state index >= 15 is 0 Å². The molecule has 1 aliphatic rings. The number of rotatable bonds is 0. The molecule has 2 aromatic rings. The van der Waals surface area contributed by atoms with Crippen molar-refractivity contribution in [3.05, 3.63) is 33.6 Å². The summed E-state index contributed by atoms with van der Waals surface area (Å²) < 4.78 is 1.72. The summed E-state index contributed by atoms with van der Waals surface area (Å²) in [7, 11) is 0. The van der Waals surface area contributed by atoms with Crippen molar-refractivity contribution in [3.8, 4) is 0 Å². The van der Waals surface area contributed by atoms with Gasteiger partial charge < -0.3 is 5.32 Å². The van der Waals surface area contributed by atoms with Gasteiger partial charge in [-0.05, 0) is 12.1 Å². The average molecular weight is 242 g/mol. The quantitative estimate of drug-likeness (QED) is 0.718. The maximum atomic E-state index is 6.09. The summed E-state index contributed by atoms with van der Waals surface area (Å²) in [6.07, 6.45) is 0.949. The van der Waals surface area contributed by atoms with Crippen LogP contribution in [0.5, 0.6) is 0 Å². The van der Waals surface area contributed by atoms with Crippen molar-refractivity contribution in [1.82, 2.24) is 14.9 Å². The molecule has 0 amide bonds. The summed E-state index contributed by atoms with van der Waals surface area (Å²) in [5, 5.41) is 8.83. The molecular weight excluding hydrogens is 233 g/mol. The van der Waals surface area contributed by atoms with Crippen LogP contribution < -0.4 is 5.32 Å². The molecule has 0 saturated carbocycles. The molecule has 0 saturated heterocycles. The number of hydrogen-bond donors (Lipinski definition) is 1. The van der Waals surface area contributed by atoms with E-state index in [1.807, 2.05) is 12.1 Å². The second-order valence-corrected chi connectivity index (χ2v) is 4.39. The molecule has 0 aliphatic carbocycles. The van der Waals surface area contributed by atoms with E-state index in [2.05, 4.69) is 10.4 Å². The van der Waals surface area contributed by atoms with Crippen LogP contribution in [0.25, 0.3) is 5.52 Å². The fourth-order valence-corrected chi connectivity index (χ4v) is 2.30. The standard InChI is InChI=1S/C10H9Cl2N3/c11-7-1-2-9-6-5-13-4-3-8(6)14-15(9)10(7)12/h1-2,13H,3-5H2. The minimum Gasteiger partial charge on any atom is -0.312 e. The molecule has 0 bridgehead atoms. The topological polar surface area (TPSA) is 29.3 Å². The van der Waals surface area contributed by atoms with E-state index in [9.17, 15) is 0 Å². The van der Waals surface area contributed by atoms with Gasteiger partial charge in [0.2, 0.25) is 0 Å². The lowest BCUT2D eigenvalue weighted by atomic mass is 10.1. The Balaban J connectivity index is 2.36. The third kappa shape index (κ3) is 1.34. The zero-order valence-electron chi connectivity index (χ0n) is 7.93. The molecule has 0 spiro atoms. The molecule has 3 heterocycles. The highest BCUT2D eigenvalue weighted by Crippen LogP contribution is 2.27. The fourth-order valence-electron chi connectivity index (χ4n) is 1.97. The lowest BCUT2D eigenvalue weighted by Gasteiger charge is -2.10. The predicted octanol–water partition coefficient (Wildman–Crippen LogP) is 2.29. The van der Waals surface area contributed by atoms with E-state index in [0.29, 0.717) is 10.2 Å². The van der Waals surface area contributed by atoms with Gasteiger partial charge in [0.05, 0.1) is 16.2 Å². The van der Waals surface area contributed by atoms with E-state index in [4.69, 9.17) is 23.2 Å². The van der Waals surface area contributed by atoms with E-state index in [0.717, 1.165) is 30.7 Å². The highest BCUT2D eigenvalue weighted by atomic mass is 35.5. The van der Waals surface area contributed by atoms with Crippen molar-refractivity contribution in [2.45, 2.75) is 13.0 Å². The summed E-state index contributed by atoms with van der Waals surface area (Å²) in [5.41, 5.74) is 3.41. The Kier molecular flexibility index (Phi) is 2.12. The first kappa shape index (κ1) is 9.46. The minimum atomic E-state index is 0.489. The van der Waals surface area contributed by atoms with Crippen molar-refractivity contribution in [1.29, 1.82) is 0 Å². The van der Waals surface area contributed by atoms with Crippen LogP contribution in [0.2, 0.25) is 10.2 Å². The minimum absolute atomic E-state index is 0.489. The van der Waals surface area contributed by atoms with Crippen LogP contribution in [0.15, 0.2) is 12.1 Å². The van der Waals surface area contributed by atoms with Gasteiger partial charge in [-0.2, -0.15) is 5.10 Å². The molecular formula is C10H9Cl2N3. The van der Waals surface area contributed by atoms with Gasteiger partial charge in [-0.1, -0.05) is 23.2 Å². The van der Waals surface area contributed by atoms with Crippen molar-refractivity contribution < 1.29 is 0 Å². The monoisotopic (exact) mass is 241 g/mol. The largest absolute Gasteiger partial charge is 0.312 e. The molecule has 0 atom stereocenters. The summed E-state index contributed by atoms with van der Waals surface area (Å²) in [6, 6.07) is 3.78. The normalized spacial score (nSPS) is 15.6.